The molecule has 0 unspecified atom stereocenters. The number of aryl methyl sites for hydroxylation is 1. The zero-order valence-electron chi connectivity index (χ0n) is 15.0. The second-order valence-electron chi connectivity index (χ2n) is 6.68. The molecule has 1 aliphatic rings. The number of carbonyl (C=O) groups excluding carboxylic acids is 2. The monoisotopic (exact) mass is 376 g/mol. The average molecular weight is 376 g/mol. The highest BCUT2D eigenvalue weighted by atomic mass is 19.1. The van der Waals surface area contributed by atoms with Gasteiger partial charge >= 0.3 is 0 Å². The highest BCUT2D eigenvalue weighted by Crippen LogP contribution is 2.23. The number of nitrogens with zero attached hydrogens (tertiary/aromatic N) is 2. The van der Waals surface area contributed by atoms with E-state index < -0.39 is 29.4 Å². The minimum Gasteiger partial charge on any atom is -0.327 e. The molecular formula is C20H19F3N2O2. The van der Waals surface area contributed by atoms with Crippen molar-refractivity contribution in [3.05, 3.63) is 70.5 Å². The molecule has 0 N–H and O–H groups in total. The van der Waals surface area contributed by atoms with Gasteiger partial charge in [0, 0.05) is 12.1 Å². The van der Waals surface area contributed by atoms with Crippen molar-refractivity contribution in [2.24, 2.45) is 0 Å². The van der Waals surface area contributed by atoms with Crippen LogP contribution in [0.2, 0.25) is 0 Å². The standard InChI is InChI=1S/C20H19F3N2O2/c1-12-6-7-17(22)16(19(12)23)10-25-13(2)20(27)24(11-18(25)26)9-14-4-3-5-15(21)8-14/h3-8,13H,9-11H2,1-2H3/t13-/m0/s1. The average Bonchev–Trinajstić information content (AvgIpc) is 2.62. The van der Waals surface area contributed by atoms with Crippen molar-refractivity contribution in [2.45, 2.75) is 33.0 Å². The predicted octanol–water partition coefficient (Wildman–Crippen LogP) is 3.17. The molecule has 1 saturated heterocycles. The Morgan fingerprint density at radius 2 is 1.81 bits per heavy atom. The van der Waals surface area contributed by atoms with Gasteiger partial charge in [-0.25, -0.2) is 13.2 Å². The quantitative estimate of drug-likeness (QED) is 0.823. The van der Waals surface area contributed by atoms with E-state index in [-0.39, 0.29) is 36.7 Å². The molecule has 2 aromatic carbocycles. The van der Waals surface area contributed by atoms with E-state index in [0.29, 0.717) is 5.56 Å². The smallest absolute Gasteiger partial charge is 0.245 e. The van der Waals surface area contributed by atoms with Crippen LogP contribution in [0.25, 0.3) is 0 Å². The van der Waals surface area contributed by atoms with Crippen LogP contribution in [-0.2, 0) is 22.7 Å². The van der Waals surface area contributed by atoms with Crippen LogP contribution in [0.15, 0.2) is 36.4 Å². The summed E-state index contributed by atoms with van der Waals surface area (Å²) in [6.45, 7) is 2.57. The maximum atomic E-state index is 14.3. The summed E-state index contributed by atoms with van der Waals surface area (Å²) >= 11 is 0. The van der Waals surface area contributed by atoms with Crippen molar-refractivity contribution in [3.63, 3.8) is 0 Å². The van der Waals surface area contributed by atoms with E-state index >= 15 is 0 Å². The van der Waals surface area contributed by atoms with Gasteiger partial charge in [0.1, 0.15) is 30.0 Å². The lowest BCUT2D eigenvalue weighted by Crippen LogP contribution is -2.58. The number of rotatable bonds is 4. The van der Waals surface area contributed by atoms with Gasteiger partial charge in [-0.3, -0.25) is 9.59 Å². The zero-order valence-corrected chi connectivity index (χ0v) is 15.0. The van der Waals surface area contributed by atoms with Crippen molar-refractivity contribution in [2.75, 3.05) is 6.54 Å². The zero-order chi connectivity index (χ0) is 19.7. The number of hydrogen-bond donors (Lipinski definition) is 0. The first kappa shape index (κ1) is 18.9. The fraction of sp³-hybridized carbons (Fsp3) is 0.300. The van der Waals surface area contributed by atoms with Crippen LogP contribution in [0.1, 0.15) is 23.6 Å². The maximum Gasteiger partial charge on any atom is 0.245 e. The molecule has 0 radical (unpaired) electrons. The largest absolute Gasteiger partial charge is 0.327 e. The molecule has 2 amide bonds. The van der Waals surface area contributed by atoms with Crippen molar-refractivity contribution in [3.8, 4) is 0 Å². The number of amides is 2. The van der Waals surface area contributed by atoms with Gasteiger partial charge in [0.15, 0.2) is 0 Å². The molecule has 0 bridgehead atoms. The fourth-order valence-electron chi connectivity index (χ4n) is 3.19. The molecule has 0 aliphatic carbocycles. The molecule has 7 heteroatoms. The van der Waals surface area contributed by atoms with Gasteiger partial charge in [0.25, 0.3) is 0 Å². The van der Waals surface area contributed by atoms with Crippen LogP contribution in [0, 0.1) is 24.4 Å². The van der Waals surface area contributed by atoms with Gasteiger partial charge in [0.05, 0.1) is 6.54 Å². The third-order valence-electron chi connectivity index (χ3n) is 4.75. The molecule has 1 heterocycles. The van der Waals surface area contributed by atoms with Gasteiger partial charge in [-0.2, -0.15) is 0 Å². The third kappa shape index (κ3) is 3.82. The van der Waals surface area contributed by atoms with Crippen LogP contribution in [0.3, 0.4) is 0 Å². The summed E-state index contributed by atoms with van der Waals surface area (Å²) in [5, 5.41) is 0. The Labute approximate surface area is 155 Å². The second-order valence-corrected chi connectivity index (χ2v) is 6.68. The van der Waals surface area contributed by atoms with Gasteiger partial charge in [0.2, 0.25) is 11.8 Å². The van der Waals surface area contributed by atoms with E-state index in [9.17, 15) is 22.8 Å². The second kappa shape index (κ2) is 7.42. The Balaban J connectivity index is 1.79. The number of halogens is 3. The summed E-state index contributed by atoms with van der Waals surface area (Å²) in [6.07, 6.45) is 0. The Kier molecular flexibility index (Phi) is 5.21. The van der Waals surface area contributed by atoms with Crippen LogP contribution >= 0.6 is 0 Å². The molecule has 142 valence electrons. The number of hydrogen-bond acceptors (Lipinski definition) is 2. The van der Waals surface area contributed by atoms with E-state index in [2.05, 4.69) is 0 Å². The number of piperazine rings is 1. The lowest BCUT2D eigenvalue weighted by molar-refractivity contribution is -0.156. The molecule has 27 heavy (non-hydrogen) atoms. The normalized spacial score (nSPS) is 17.6. The van der Waals surface area contributed by atoms with Gasteiger partial charge < -0.3 is 9.80 Å². The topological polar surface area (TPSA) is 40.6 Å². The first-order valence-corrected chi connectivity index (χ1v) is 8.54. The summed E-state index contributed by atoms with van der Waals surface area (Å²) in [7, 11) is 0. The van der Waals surface area contributed by atoms with Crippen LogP contribution < -0.4 is 0 Å². The molecule has 4 nitrogen and oxygen atoms in total. The molecule has 0 saturated carbocycles. The minimum atomic E-state index is -0.876. The van der Waals surface area contributed by atoms with Crippen molar-refractivity contribution < 1.29 is 22.8 Å². The van der Waals surface area contributed by atoms with Crippen LogP contribution in [0.4, 0.5) is 13.2 Å². The molecule has 3 rings (SSSR count). The van der Waals surface area contributed by atoms with Gasteiger partial charge in [-0.1, -0.05) is 18.2 Å². The van der Waals surface area contributed by atoms with E-state index in [1.807, 2.05) is 0 Å². The summed E-state index contributed by atoms with van der Waals surface area (Å²) in [5.41, 5.74) is 0.594. The molecule has 1 aliphatic heterocycles. The first-order chi connectivity index (χ1) is 12.8. The van der Waals surface area contributed by atoms with E-state index in [4.69, 9.17) is 0 Å². The molecular weight excluding hydrogens is 357 g/mol. The Hall–Kier alpha value is -2.83. The highest BCUT2D eigenvalue weighted by molar-refractivity contribution is 5.94. The lowest BCUT2D eigenvalue weighted by atomic mass is 10.1. The van der Waals surface area contributed by atoms with E-state index in [0.717, 1.165) is 6.07 Å². The van der Waals surface area contributed by atoms with Crippen LogP contribution in [-0.4, -0.2) is 34.2 Å². The van der Waals surface area contributed by atoms with Crippen molar-refractivity contribution in [1.82, 2.24) is 9.80 Å². The lowest BCUT2D eigenvalue weighted by Gasteiger charge is -2.39. The molecule has 1 fully saturated rings. The minimum absolute atomic E-state index is 0.0910. The van der Waals surface area contributed by atoms with E-state index in [1.54, 1.807) is 6.07 Å². The molecule has 1 atom stereocenters. The van der Waals surface area contributed by atoms with Crippen molar-refractivity contribution >= 4 is 11.8 Å². The summed E-state index contributed by atoms with van der Waals surface area (Å²) < 4.78 is 41.6. The van der Waals surface area contributed by atoms with Crippen LogP contribution in [0.5, 0.6) is 0 Å². The summed E-state index contributed by atoms with van der Waals surface area (Å²) in [6, 6.07) is 7.37. The number of carbonyl (C=O) groups is 2. The Morgan fingerprint density at radius 1 is 1.07 bits per heavy atom. The molecule has 2 aromatic rings. The number of benzene rings is 2. The molecule has 0 aromatic heterocycles. The fourth-order valence-corrected chi connectivity index (χ4v) is 3.19. The predicted molar refractivity (Wildman–Crippen MR) is 92.9 cm³/mol. The Morgan fingerprint density at radius 3 is 2.52 bits per heavy atom. The third-order valence-corrected chi connectivity index (χ3v) is 4.75. The summed E-state index contributed by atoms with van der Waals surface area (Å²) in [4.78, 5) is 27.7. The van der Waals surface area contributed by atoms with Crippen molar-refractivity contribution in [1.29, 1.82) is 0 Å². The van der Waals surface area contributed by atoms with Gasteiger partial charge in [-0.05, 0) is 43.2 Å². The Bertz CT molecular complexity index is 901. The molecule has 0 spiro atoms. The summed E-state index contributed by atoms with van der Waals surface area (Å²) in [5.74, 6) is -2.67. The first-order valence-electron chi connectivity index (χ1n) is 8.54. The van der Waals surface area contributed by atoms with Gasteiger partial charge in [-0.15, -0.1) is 0 Å². The highest BCUT2D eigenvalue weighted by Gasteiger charge is 2.37. The van der Waals surface area contributed by atoms with E-state index in [1.165, 1.54) is 47.9 Å². The SMILES string of the molecule is Cc1ccc(F)c(CN2C(=O)CN(Cc3cccc(F)c3)C(=O)[C@@H]2C)c1F. The maximum absolute atomic E-state index is 14.3.